The number of carbonyl (C=O) groups excluding carboxylic acids is 1. The van der Waals surface area contributed by atoms with Crippen LogP contribution in [-0.2, 0) is 0 Å². The van der Waals surface area contributed by atoms with E-state index in [-0.39, 0.29) is 17.5 Å². The van der Waals surface area contributed by atoms with E-state index in [4.69, 9.17) is 4.42 Å². The van der Waals surface area contributed by atoms with Gasteiger partial charge in [0.1, 0.15) is 16.6 Å². The second kappa shape index (κ2) is 8.28. The minimum absolute atomic E-state index is 0.210. The molecule has 0 aliphatic heterocycles. The van der Waals surface area contributed by atoms with Gasteiger partial charge in [0.05, 0.1) is 12.3 Å². The third-order valence-corrected chi connectivity index (χ3v) is 5.32. The molecule has 1 amide bonds. The summed E-state index contributed by atoms with van der Waals surface area (Å²) < 4.78 is 19.9. The van der Waals surface area contributed by atoms with Gasteiger partial charge in [-0.3, -0.25) is 4.79 Å². The van der Waals surface area contributed by atoms with E-state index in [9.17, 15) is 9.18 Å². The summed E-state index contributed by atoms with van der Waals surface area (Å²) in [4.78, 5) is 17.8. The number of aromatic nitrogens is 1. The van der Waals surface area contributed by atoms with Crippen LogP contribution in [0.15, 0.2) is 77.5 Å². The maximum absolute atomic E-state index is 14.7. The second-order valence-corrected chi connectivity index (χ2v) is 7.64. The molecular formula is C22H18FN3O2S. The first-order chi connectivity index (χ1) is 14.1. The molecule has 0 spiro atoms. The average Bonchev–Trinajstić information content (AvgIpc) is 3.38. The minimum atomic E-state index is -0.539. The van der Waals surface area contributed by atoms with Gasteiger partial charge in [0.2, 0.25) is 0 Å². The maximum Gasteiger partial charge on any atom is 0.291 e. The first-order valence-corrected chi connectivity index (χ1v) is 9.80. The highest BCUT2D eigenvalue weighted by atomic mass is 32.1. The van der Waals surface area contributed by atoms with Crippen molar-refractivity contribution in [2.24, 2.45) is 0 Å². The Kier molecular flexibility index (Phi) is 5.39. The fourth-order valence-electron chi connectivity index (χ4n) is 3.05. The van der Waals surface area contributed by atoms with Gasteiger partial charge in [0.15, 0.2) is 5.76 Å². The van der Waals surface area contributed by atoms with Crippen molar-refractivity contribution in [3.8, 4) is 0 Å². The van der Waals surface area contributed by atoms with Gasteiger partial charge in [-0.1, -0.05) is 24.3 Å². The molecule has 5 nitrogen and oxygen atoms in total. The molecule has 4 aromatic rings. The number of nitrogens with one attached hydrogen (secondary N) is 2. The molecule has 2 N–H and O–H groups in total. The number of hydrogen-bond donors (Lipinski definition) is 2. The lowest BCUT2D eigenvalue weighted by Gasteiger charge is -2.21. The zero-order valence-corrected chi connectivity index (χ0v) is 16.4. The van der Waals surface area contributed by atoms with Gasteiger partial charge in [0, 0.05) is 22.2 Å². The third kappa shape index (κ3) is 4.20. The van der Waals surface area contributed by atoms with Crippen LogP contribution in [0, 0.1) is 12.7 Å². The molecule has 146 valence electrons. The normalized spacial score (nSPS) is 11.8. The smallest absolute Gasteiger partial charge is 0.291 e. The number of rotatable bonds is 6. The number of amides is 1. The van der Waals surface area contributed by atoms with E-state index in [0.29, 0.717) is 16.4 Å². The first-order valence-electron chi connectivity index (χ1n) is 8.99. The van der Waals surface area contributed by atoms with Crippen molar-refractivity contribution in [1.82, 2.24) is 4.98 Å². The van der Waals surface area contributed by atoms with E-state index in [2.05, 4.69) is 15.6 Å². The molecule has 7 heteroatoms. The van der Waals surface area contributed by atoms with E-state index in [1.165, 1.54) is 23.7 Å². The SMILES string of the molecule is Cc1cc([C@@H](Nc2ccccn2)c2ccccc2F)c(NC(=O)c2ccco2)s1. The maximum atomic E-state index is 14.7. The summed E-state index contributed by atoms with van der Waals surface area (Å²) in [7, 11) is 0. The predicted octanol–water partition coefficient (Wildman–Crippen LogP) is 5.64. The lowest BCUT2D eigenvalue weighted by molar-refractivity contribution is 0.0997. The Morgan fingerprint density at radius 1 is 1.10 bits per heavy atom. The molecule has 1 atom stereocenters. The van der Waals surface area contributed by atoms with Crippen LogP contribution in [0.4, 0.5) is 15.2 Å². The van der Waals surface area contributed by atoms with Crippen molar-refractivity contribution < 1.29 is 13.6 Å². The van der Waals surface area contributed by atoms with Crippen molar-refractivity contribution in [2.75, 3.05) is 10.6 Å². The van der Waals surface area contributed by atoms with E-state index >= 15 is 0 Å². The van der Waals surface area contributed by atoms with Gasteiger partial charge in [0.25, 0.3) is 5.91 Å². The molecule has 29 heavy (non-hydrogen) atoms. The van der Waals surface area contributed by atoms with E-state index in [0.717, 1.165) is 10.4 Å². The Balaban J connectivity index is 1.74. The van der Waals surface area contributed by atoms with E-state index < -0.39 is 6.04 Å². The summed E-state index contributed by atoms with van der Waals surface area (Å²) >= 11 is 1.42. The van der Waals surface area contributed by atoms with Crippen LogP contribution in [0.3, 0.4) is 0 Å². The fourth-order valence-corrected chi connectivity index (χ4v) is 3.99. The molecule has 0 fully saturated rings. The Labute approximate surface area is 171 Å². The van der Waals surface area contributed by atoms with Crippen LogP contribution in [-0.4, -0.2) is 10.9 Å². The number of anilines is 2. The summed E-state index contributed by atoms with van der Waals surface area (Å²) in [6, 6.07) is 16.7. The van der Waals surface area contributed by atoms with Crippen molar-refractivity contribution in [2.45, 2.75) is 13.0 Å². The number of nitrogens with zero attached hydrogens (tertiary/aromatic N) is 1. The van der Waals surface area contributed by atoms with Gasteiger partial charge in [-0.25, -0.2) is 9.37 Å². The Morgan fingerprint density at radius 2 is 1.93 bits per heavy atom. The molecule has 0 unspecified atom stereocenters. The Bertz CT molecular complexity index is 1110. The number of halogens is 1. The monoisotopic (exact) mass is 407 g/mol. The molecule has 4 rings (SSSR count). The summed E-state index contributed by atoms with van der Waals surface area (Å²) in [6.45, 7) is 1.94. The van der Waals surface area contributed by atoms with Crippen LogP contribution in [0.25, 0.3) is 0 Å². The summed E-state index contributed by atoms with van der Waals surface area (Å²) in [5.41, 5.74) is 1.22. The van der Waals surface area contributed by atoms with E-state index in [1.54, 1.807) is 36.5 Å². The van der Waals surface area contributed by atoms with Gasteiger partial charge in [-0.2, -0.15) is 0 Å². The molecule has 0 aliphatic carbocycles. The Hall–Kier alpha value is -3.45. The quantitative estimate of drug-likeness (QED) is 0.434. The van der Waals surface area contributed by atoms with Crippen LogP contribution in [0.2, 0.25) is 0 Å². The number of furan rings is 1. The zero-order chi connectivity index (χ0) is 20.2. The molecule has 3 aromatic heterocycles. The number of pyridine rings is 1. The van der Waals surface area contributed by atoms with Gasteiger partial charge < -0.3 is 15.1 Å². The standard InChI is InChI=1S/C22H18FN3O2S/c1-14-13-16(22(29-14)26-21(27)18-9-6-12-28-18)20(15-7-2-3-8-17(15)23)25-19-10-4-5-11-24-19/h2-13,20H,1H3,(H,24,25)(H,26,27)/t20-/m0/s1. The number of aryl methyl sites for hydroxylation is 1. The molecule has 0 saturated carbocycles. The minimum Gasteiger partial charge on any atom is -0.459 e. The van der Waals surface area contributed by atoms with Gasteiger partial charge in [-0.05, 0) is 43.3 Å². The lowest BCUT2D eigenvalue weighted by atomic mass is 9.99. The first kappa shape index (κ1) is 18.9. The Morgan fingerprint density at radius 3 is 2.66 bits per heavy atom. The highest BCUT2D eigenvalue weighted by Gasteiger charge is 2.24. The summed E-state index contributed by atoms with van der Waals surface area (Å²) in [6.07, 6.45) is 3.11. The van der Waals surface area contributed by atoms with Crippen LogP contribution < -0.4 is 10.6 Å². The highest BCUT2D eigenvalue weighted by molar-refractivity contribution is 7.16. The van der Waals surface area contributed by atoms with Crippen LogP contribution >= 0.6 is 11.3 Å². The summed E-state index contributed by atoms with van der Waals surface area (Å²) in [5.74, 6) is 0.117. The fraction of sp³-hybridized carbons (Fsp3) is 0.0909. The average molecular weight is 407 g/mol. The topological polar surface area (TPSA) is 67.2 Å². The largest absolute Gasteiger partial charge is 0.459 e. The van der Waals surface area contributed by atoms with Crippen molar-refractivity contribution in [3.05, 3.63) is 101 Å². The highest BCUT2D eigenvalue weighted by Crippen LogP contribution is 2.38. The lowest BCUT2D eigenvalue weighted by Crippen LogP contribution is -2.17. The van der Waals surface area contributed by atoms with Crippen molar-refractivity contribution >= 4 is 28.1 Å². The number of hydrogen-bond acceptors (Lipinski definition) is 5. The molecule has 0 saturated heterocycles. The van der Waals surface area contributed by atoms with Gasteiger partial charge >= 0.3 is 0 Å². The molecule has 0 radical (unpaired) electrons. The summed E-state index contributed by atoms with van der Waals surface area (Å²) in [5, 5.41) is 6.81. The molecule has 3 heterocycles. The van der Waals surface area contributed by atoms with Crippen LogP contribution in [0.1, 0.15) is 32.6 Å². The molecule has 0 bridgehead atoms. The predicted molar refractivity (Wildman–Crippen MR) is 112 cm³/mol. The van der Waals surface area contributed by atoms with Crippen molar-refractivity contribution in [1.29, 1.82) is 0 Å². The molecular weight excluding hydrogens is 389 g/mol. The zero-order valence-electron chi connectivity index (χ0n) is 15.6. The molecule has 0 aliphatic rings. The second-order valence-electron chi connectivity index (χ2n) is 6.39. The van der Waals surface area contributed by atoms with Crippen LogP contribution in [0.5, 0.6) is 0 Å². The molecule has 1 aromatic carbocycles. The number of carbonyl (C=O) groups is 1. The third-order valence-electron chi connectivity index (χ3n) is 4.34. The number of thiophene rings is 1. The van der Waals surface area contributed by atoms with Gasteiger partial charge in [-0.15, -0.1) is 11.3 Å². The van der Waals surface area contributed by atoms with Crippen molar-refractivity contribution in [3.63, 3.8) is 0 Å². The number of benzene rings is 1. The van der Waals surface area contributed by atoms with E-state index in [1.807, 2.05) is 31.2 Å².